The summed E-state index contributed by atoms with van der Waals surface area (Å²) in [5.74, 6) is 1.12. The predicted octanol–water partition coefficient (Wildman–Crippen LogP) is 5.03. The molecule has 1 aliphatic rings. The van der Waals surface area contributed by atoms with Crippen molar-refractivity contribution in [2.75, 3.05) is 0 Å². The van der Waals surface area contributed by atoms with E-state index in [4.69, 9.17) is 0 Å². The summed E-state index contributed by atoms with van der Waals surface area (Å²) >= 11 is 0. The van der Waals surface area contributed by atoms with Gasteiger partial charge in [0.1, 0.15) is 0 Å². The highest BCUT2D eigenvalue weighted by molar-refractivity contribution is 4.66. The predicted molar refractivity (Wildman–Crippen MR) is 59.6 cm³/mol. The largest absolute Gasteiger partial charge is 0.0683 e. The summed E-state index contributed by atoms with van der Waals surface area (Å²) in [5, 5.41) is 0. The van der Waals surface area contributed by atoms with E-state index in [0.717, 1.165) is 5.92 Å². The molecule has 1 saturated carbocycles. The summed E-state index contributed by atoms with van der Waals surface area (Å²) in [4.78, 5) is 0. The average Bonchev–Trinajstić information content (AvgIpc) is 2.07. The SMILES string of the molecule is CC.CCC1CCC1.CCCC. The molecule has 0 aromatic rings. The van der Waals surface area contributed by atoms with Gasteiger partial charge in [-0.3, -0.25) is 0 Å². The van der Waals surface area contributed by atoms with Gasteiger partial charge < -0.3 is 0 Å². The van der Waals surface area contributed by atoms with Crippen LogP contribution in [0, 0.1) is 5.92 Å². The lowest BCUT2D eigenvalue weighted by Gasteiger charge is -2.22. The van der Waals surface area contributed by atoms with Crippen LogP contribution in [0.4, 0.5) is 0 Å². The molecule has 0 aromatic carbocycles. The highest BCUT2D eigenvalue weighted by atomic mass is 14.2. The van der Waals surface area contributed by atoms with E-state index < -0.39 is 0 Å². The molecule has 1 aliphatic carbocycles. The van der Waals surface area contributed by atoms with Crippen molar-refractivity contribution in [1.29, 1.82) is 0 Å². The van der Waals surface area contributed by atoms with Crippen LogP contribution in [0.5, 0.6) is 0 Å². The molecule has 1 fully saturated rings. The molecule has 0 N–H and O–H groups in total. The van der Waals surface area contributed by atoms with Crippen molar-refractivity contribution in [2.45, 2.75) is 73.1 Å². The fourth-order valence-electron chi connectivity index (χ4n) is 0.901. The maximum Gasteiger partial charge on any atom is -0.0417 e. The summed E-state index contributed by atoms with van der Waals surface area (Å²) in [6.07, 6.45) is 8.57. The molecular weight excluding hydrogens is 144 g/mol. The lowest BCUT2D eigenvalue weighted by Crippen LogP contribution is -2.08. The second kappa shape index (κ2) is 13.6. The second-order valence-corrected chi connectivity index (χ2v) is 3.21. The van der Waals surface area contributed by atoms with Gasteiger partial charge in [-0.15, -0.1) is 0 Å². The Morgan fingerprint density at radius 2 is 1.33 bits per heavy atom. The summed E-state index contributed by atoms with van der Waals surface area (Å²) in [6.45, 7) is 10.6. The molecule has 0 heteroatoms. The minimum Gasteiger partial charge on any atom is -0.0683 e. The van der Waals surface area contributed by atoms with Crippen LogP contribution in [0.2, 0.25) is 0 Å². The van der Waals surface area contributed by atoms with E-state index >= 15 is 0 Å². The first kappa shape index (κ1) is 14.5. The minimum atomic E-state index is 1.12. The highest BCUT2D eigenvalue weighted by Gasteiger charge is 2.13. The molecule has 0 heterocycles. The van der Waals surface area contributed by atoms with Crippen LogP contribution >= 0.6 is 0 Å². The molecule has 0 saturated heterocycles. The number of hydrogen-bond donors (Lipinski definition) is 0. The quantitative estimate of drug-likeness (QED) is 0.548. The lowest BCUT2D eigenvalue weighted by atomic mass is 9.84. The van der Waals surface area contributed by atoms with E-state index in [-0.39, 0.29) is 0 Å². The molecule has 0 unspecified atom stereocenters. The Hall–Kier alpha value is 0. The highest BCUT2D eigenvalue weighted by Crippen LogP contribution is 2.28. The Labute approximate surface area is 79.8 Å². The number of unbranched alkanes of at least 4 members (excludes halogenated alkanes) is 1. The zero-order valence-electron chi connectivity index (χ0n) is 9.82. The molecule has 76 valence electrons. The first-order valence-corrected chi connectivity index (χ1v) is 5.85. The normalized spacial score (nSPS) is 14.8. The van der Waals surface area contributed by atoms with Crippen molar-refractivity contribution in [1.82, 2.24) is 0 Å². The molecule has 1 rings (SSSR count). The maximum atomic E-state index is 2.28. The smallest absolute Gasteiger partial charge is 0.0417 e. The number of rotatable bonds is 2. The van der Waals surface area contributed by atoms with E-state index in [9.17, 15) is 0 Å². The van der Waals surface area contributed by atoms with Gasteiger partial charge in [-0.25, -0.2) is 0 Å². The van der Waals surface area contributed by atoms with Gasteiger partial charge in [0.25, 0.3) is 0 Å². The molecule has 0 atom stereocenters. The van der Waals surface area contributed by atoms with E-state index in [2.05, 4.69) is 20.8 Å². The van der Waals surface area contributed by atoms with Crippen molar-refractivity contribution in [2.24, 2.45) is 5.92 Å². The molecule has 0 spiro atoms. The zero-order chi connectivity index (χ0) is 9.82. The summed E-state index contributed by atoms with van der Waals surface area (Å²) in [6, 6.07) is 0. The van der Waals surface area contributed by atoms with Gasteiger partial charge in [0.2, 0.25) is 0 Å². The van der Waals surface area contributed by atoms with Gasteiger partial charge in [0, 0.05) is 0 Å². The van der Waals surface area contributed by atoms with Crippen LogP contribution in [0.1, 0.15) is 73.1 Å². The third-order valence-electron chi connectivity index (χ3n) is 2.30. The topological polar surface area (TPSA) is 0 Å². The monoisotopic (exact) mass is 172 g/mol. The second-order valence-electron chi connectivity index (χ2n) is 3.21. The first-order valence-electron chi connectivity index (χ1n) is 5.85. The molecule has 0 amide bonds. The first-order chi connectivity index (χ1) is 5.85. The van der Waals surface area contributed by atoms with Crippen LogP contribution in [0.15, 0.2) is 0 Å². The molecule has 12 heavy (non-hydrogen) atoms. The standard InChI is InChI=1S/C6H12.C4H10.C2H6/c1-2-6-4-3-5-6;1-3-4-2;1-2/h6H,2-5H2,1H3;3-4H2,1-2H3;1-2H3. The van der Waals surface area contributed by atoms with Gasteiger partial charge in [0.15, 0.2) is 0 Å². The third kappa shape index (κ3) is 10.0. The Balaban J connectivity index is 0. The van der Waals surface area contributed by atoms with Crippen molar-refractivity contribution in [3.63, 3.8) is 0 Å². The van der Waals surface area contributed by atoms with Gasteiger partial charge in [0.05, 0.1) is 0 Å². The van der Waals surface area contributed by atoms with E-state index in [1.165, 1.54) is 38.5 Å². The number of hydrogen-bond acceptors (Lipinski definition) is 0. The Kier molecular flexibility index (Phi) is 16.4. The van der Waals surface area contributed by atoms with E-state index in [1.54, 1.807) is 0 Å². The van der Waals surface area contributed by atoms with Crippen molar-refractivity contribution in [3.05, 3.63) is 0 Å². The average molecular weight is 172 g/mol. The minimum absolute atomic E-state index is 1.12. The van der Waals surface area contributed by atoms with Crippen molar-refractivity contribution < 1.29 is 0 Å². The van der Waals surface area contributed by atoms with Crippen molar-refractivity contribution in [3.8, 4) is 0 Å². The van der Waals surface area contributed by atoms with Crippen LogP contribution in [0.3, 0.4) is 0 Å². The van der Waals surface area contributed by atoms with Gasteiger partial charge in [-0.1, -0.05) is 73.1 Å². The van der Waals surface area contributed by atoms with Crippen molar-refractivity contribution >= 4 is 0 Å². The third-order valence-corrected chi connectivity index (χ3v) is 2.30. The molecular formula is C12H28. The van der Waals surface area contributed by atoms with E-state index in [1.807, 2.05) is 13.8 Å². The van der Waals surface area contributed by atoms with Crippen LogP contribution < -0.4 is 0 Å². The summed E-state index contributed by atoms with van der Waals surface area (Å²) < 4.78 is 0. The van der Waals surface area contributed by atoms with Gasteiger partial charge in [-0.05, 0) is 5.92 Å². The Bertz CT molecular complexity index is 48.3. The fourth-order valence-corrected chi connectivity index (χ4v) is 0.901. The Morgan fingerprint density at radius 3 is 1.33 bits per heavy atom. The Morgan fingerprint density at radius 1 is 0.917 bits per heavy atom. The van der Waals surface area contributed by atoms with E-state index in [0.29, 0.717) is 0 Å². The molecule has 0 aliphatic heterocycles. The summed E-state index contributed by atoms with van der Waals surface area (Å²) in [5.41, 5.74) is 0. The molecule has 0 nitrogen and oxygen atoms in total. The summed E-state index contributed by atoms with van der Waals surface area (Å²) in [7, 11) is 0. The maximum absolute atomic E-state index is 2.28. The van der Waals surface area contributed by atoms with Crippen LogP contribution in [-0.2, 0) is 0 Å². The fraction of sp³-hybridized carbons (Fsp3) is 1.00. The molecule has 0 radical (unpaired) electrons. The lowest BCUT2D eigenvalue weighted by molar-refractivity contribution is 0.307. The van der Waals surface area contributed by atoms with Crippen LogP contribution in [0.25, 0.3) is 0 Å². The molecule has 0 aromatic heterocycles. The van der Waals surface area contributed by atoms with Crippen LogP contribution in [-0.4, -0.2) is 0 Å². The zero-order valence-corrected chi connectivity index (χ0v) is 9.82. The van der Waals surface area contributed by atoms with Gasteiger partial charge >= 0.3 is 0 Å². The van der Waals surface area contributed by atoms with Gasteiger partial charge in [-0.2, -0.15) is 0 Å². The molecule has 0 bridgehead atoms.